The van der Waals surface area contributed by atoms with Gasteiger partial charge in [0.1, 0.15) is 17.3 Å². The summed E-state index contributed by atoms with van der Waals surface area (Å²) in [4.78, 5) is 38.5. The topological polar surface area (TPSA) is 80.1 Å². The van der Waals surface area contributed by atoms with Crippen LogP contribution in [0.3, 0.4) is 0 Å². The normalized spacial score (nSPS) is 13.5. The molecule has 0 radical (unpaired) electrons. The third-order valence-corrected chi connectivity index (χ3v) is 8.00. The number of amides is 1. The third kappa shape index (κ3) is 9.42. The average Bonchev–Trinajstić information content (AvgIpc) is 3.06. The van der Waals surface area contributed by atoms with Gasteiger partial charge in [0.05, 0.1) is 29.2 Å². The van der Waals surface area contributed by atoms with Gasteiger partial charge in [0, 0.05) is 32.7 Å². The molecule has 9 heteroatoms. The van der Waals surface area contributed by atoms with Crippen LogP contribution in [0.5, 0.6) is 11.5 Å². The number of carbonyl (C=O) groups excluding carboxylic acids is 1. The van der Waals surface area contributed by atoms with Crippen molar-refractivity contribution in [2.75, 3.05) is 46.4 Å². The van der Waals surface area contributed by atoms with E-state index < -0.39 is 0 Å². The molecule has 5 rings (SSSR count). The number of para-hydroxylation sites is 1. The van der Waals surface area contributed by atoms with Crippen molar-refractivity contribution < 1.29 is 14.3 Å². The van der Waals surface area contributed by atoms with Crippen LogP contribution in [-0.2, 0) is 17.9 Å². The zero-order chi connectivity index (χ0) is 33.9. The Labute approximate surface area is 279 Å². The number of benzene rings is 3. The Balaban J connectivity index is 0.00000245. The summed E-state index contributed by atoms with van der Waals surface area (Å²) in [6.07, 6.45) is 1.000. The summed E-state index contributed by atoms with van der Waals surface area (Å²) in [5, 5.41) is 0.564. The predicted molar refractivity (Wildman–Crippen MR) is 190 cm³/mol. The van der Waals surface area contributed by atoms with E-state index in [0.29, 0.717) is 66.6 Å². The van der Waals surface area contributed by atoms with E-state index in [4.69, 9.17) is 14.5 Å². The molecular weight excluding hydrogens is 590 g/mol. The summed E-state index contributed by atoms with van der Waals surface area (Å²) in [5.41, 5.74) is 3.49. The lowest BCUT2D eigenvalue weighted by atomic mass is 10.1. The number of hydrogen-bond donors (Lipinski definition) is 0. The molecule has 252 valence electrons. The second-order valence-corrected chi connectivity index (χ2v) is 12.2. The lowest BCUT2D eigenvalue weighted by molar-refractivity contribution is -0.135. The van der Waals surface area contributed by atoms with E-state index in [-0.39, 0.29) is 24.2 Å². The highest BCUT2D eigenvalue weighted by Gasteiger charge is 2.25. The molecule has 1 aliphatic rings. The Morgan fingerprint density at radius 2 is 1.68 bits per heavy atom. The van der Waals surface area contributed by atoms with E-state index in [1.807, 2.05) is 94.1 Å². The molecule has 9 nitrogen and oxygen atoms in total. The second kappa shape index (κ2) is 17.1. The SMILES string of the molecule is CC.CCCN(C)Cc1ccc(OC(C)C)c(-n2c(CN3CCN(C(=O)COc4ccc(C)cc4)CC3)nc3ccccc3c2=O)c1. The Morgan fingerprint density at radius 3 is 2.36 bits per heavy atom. The van der Waals surface area contributed by atoms with E-state index in [1.165, 1.54) is 0 Å². The first-order valence-electron chi connectivity index (χ1n) is 16.9. The van der Waals surface area contributed by atoms with Crippen LogP contribution in [0.15, 0.2) is 71.5 Å². The number of aryl methyl sites for hydroxylation is 1. The molecule has 0 spiro atoms. The van der Waals surface area contributed by atoms with Gasteiger partial charge < -0.3 is 19.3 Å². The molecule has 0 atom stereocenters. The number of aromatic nitrogens is 2. The number of carbonyl (C=O) groups is 1. The van der Waals surface area contributed by atoms with Gasteiger partial charge >= 0.3 is 0 Å². The zero-order valence-electron chi connectivity index (χ0n) is 29.2. The van der Waals surface area contributed by atoms with Gasteiger partial charge in [-0.05, 0) is 82.7 Å². The van der Waals surface area contributed by atoms with Gasteiger partial charge in [-0.15, -0.1) is 0 Å². The maximum Gasteiger partial charge on any atom is 0.266 e. The van der Waals surface area contributed by atoms with Crippen LogP contribution in [0.1, 0.15) is 58.0 Å². The number of piperazine rings is 1. The van der Waals surface area contributed by atoms with Crippen molar-refractivity contribution >= 4 is 16.8 Å². The van der Waals surface area contributed by atoms with Crippen LogP contribution >= 0.6 is 0 Å². The predicted octanol–water partition coefficient (Wildman–Crippen LogP) is 6.07. The summed E-state index contributed by atoms with van der Waals surface area (Å²) in [5.74, 6) is 1.95. The molecule has 0 saturated carbocycles. The Bertz CT molecular complexity index is 1660. The van der Waals surface area contributed by atoms with Gasteiger partial charge in [-0.3, -0.25) is 19.1 Å². The van der Waals surface area contributed by atoms with Gasteiger partial charge in [-0.25, -0.2) is 4.98 Å². The largest absolute Gasteiger partial charge is 0.489 e. The average molecular weight is 642 g/mol. The molecule has 1 saturated heterocycles. The standard InChI is InChI=1S/C36H45N5O4.C2H6/c1-6-17-38(5)23-28-13-16-33(45-26(2)3)32(22-28)41-34(37-31-10-8-7-9-30(31)36(41)43)24-39-18-20-40(21-19-39)35(42)25-44-29-14-11-27(4)12-15-29;1-2/h7-16,22,26H,6,17-21,23-25H2,1-5H3;1-2H3. The van der Waals surface area contributed by atoms with Gasteiger partial charge in [0.2, 0.25) is 0 Å². The van der Waals surface area contributed by atoms with E-state index in [1.54, 1.807) is 4.57 Å². The Morgan fingerprint density at radius 1 is 0.979 bits per heavy atom. The van der Waals surface area contributed by atoms with Crippen LogP contribution in [-0.4, -0.2) is 82.6 Å². The van der Waals surface area contributed by atoms with Crippen molar-refractivity contribution in [1.82, 2.24) is 24.3 Å². The second-order valence-electron chi connectivity index (χ2n) is 12.2. The lowest BCUT2D eigenvalue weighted by Crippen LogP contribution is -2.50. The highest BCUT2D eigenvalue weighted by molar-refractivity contribution is 5.78. The highest BCUT2D eigenvalue weighted by Crippen LogP contribution is 2.27. The van der Waals surface area contributed by atoms with Crippen LogP contribution in [0.25, 0.3) is 16.6 Å². The maximum atomic E-state index is 14.2. The van der Waals surface area contributed by atoms with Crippen molar-refractivity contribution in [1.29, 1.82) is 0 Å². The third-order valence-electron chi connectivity index (χ3n) is 8.00. The minimum atomic E-state index is -0.120. The van der Waals surface area contributed by atoms with E-state index in [0.717, 1.165) is 30.6 Å². The van der Waals surface area contributed by atoms with Gasteiger partial charge in [-0.2, -0.15) is 0 Å². The molecule has 2 heterocycles. The molecule has 1 aromatic heterocycles. The summed E-state index contributed by atoms with van der Waals surface area (Å²) >= 11 is 0. The fraction of sp³-hybridized carbons (Fsp3) is 0.447. The quantitative estimate of drug-likeness (QED) is 0.186. The van der Waals surface area contributed by atoms with Gasteiger partial charge in [0.25, 0.3) is 11.5 Å². The van der Waals surface area contributed by atoms with Gasteiger partial charge in [0.15, 0.2) is 6.61 Å². The molecule has 4 aromatic rings. The van der Waals surface area contributed by atoms with Crippen LogP contribution in [0, 0.1) is 6.92 Å². The first-order valence-corrected chi connectivity index (χ1v) is 16.9. The zero-order valence-corrected chi connectivity index (χ0v) is 29.2. The van der Waals surface area contributed by atoms with Crippen LogP contribution in [0.2, 0.25) is 0 Å². The molecule has 47 heavy (non-hydrogen) atoms. The van der Waals surface area contributed by atoms with E-state index in [9.17, 15) is 9.59 Å². The van der Waals surface area contributed by atoms with E-state index in [2.05, 4.69) is 35.9 Å². The minimum absolute atomic E-state index is 0.0112. The molecule has 0 aliphatic carbocycles. The van der Waals surface area contributed by atoms with Crippen molar-refractivity contribution in [3.63, 3.8) is 0 Å². The molecule has 1 amide bonds. The minimum Gasteiger partial charge on any atom is -0.489 e. The van der Waals surface area contributed by atoms with Crippen molar-refractivity contribution in [3.05, 3.63) is 94.0 Å². The van der Waals surface area contributed by atoms with Crippen LogP contribution in [0.4, 0.5) is 0 Å². The molecular formula is C38H51N5O4. The van der Waals surface area contributed by atoms with E-state index >= 15 is 0 Å². The van der Waals surface area contributed by atoms with Crippen molar-refractivity contribution in [2.24, 2.45) is 0 Å². The fourth-order valence-corrected chi connectivity index (χ4v) is 5.72. The Hall–Kier alpha value is -4.21. The monoisotopic (exact) mass is 641 g/mol. The summed E-state index contributed by atoms with van der Waals surface area (Å²) < 4.78 is 13.7. The molecule has 0 unspecified atom stereocenters. The molecule has 3 aromatic carbocycles. The number of ether oxygens (including phenoxy) is 2. The highest BCUT2D eigenvalue weighted by atomic mass is 16.5. The van der Waals surface area contributed by atoms with Crippen molar-refractivity contribution in [2.45, 2.75) is 67.2 Å². The first kappa shape index (κ1) is 35.6. The number of fused-ring (bicyclic) bond motifs is 1. The van der Waals surface area contributed by atoms with Gasteiger partial charge in [-0.1, -0.05) is 56.7 Å². The number of nitrogens with zero attached hydrogens (tertiary/aromatic N) is 5. The molecule has 0 N–H and O–H groups in total. The van der Waals surface area contributed by atoms with Crippen molar-refractivity contribution in [3.8, 4) is 17.2 Å². The first-order chi connectivity index (χ1) is 22.7. The molecule has 1 aliphatic heterocycles. The molecule has 0 bridgehead atoms. The van der Waals surface area contributed by atoms with Crippen LogP contribution < -0.4 is 15.0 Å². The Kier molecular flexibility index (Phi) is 13.0. The maximum absolute atomic E-state index is 14.2. The number of hydrogen-bond acceptors (Lipinski definition) is 7. The summed E-state index contributed by atoms with van der Waals surface area (Å²) in [7, 11) is 2.11. The molecule has 1 fully saturated rings. The number of rotatable bonds is 12. The summed E-state index contributed by atoms with van der Waals surface area (Å²) in [6.45, 7) is 16.9. The fourth-order valence-electron chi connectivity index (χ4n) is 5.72. The smallest absolute Gasteiger partial charge is 0.266 e. The summed E-state index contributed by atoms with van der Waals surface area (Å²) in [6, 6.07) is 21.3. The lowest BCUT2D eigenvalue weighted by Gasteiger charge is -2.34.